The molecule has 2 heterocycles. The highest BCUT2D eigenvalue weighted by Gasteiger charge is 2.46. The summed E-state index contributed by atoms with van der Waals surface area (Å²) in [5.41, 5.74) is 12.8. The molecule has 5 N–H and O–H groups in total. The minimum absolute atomic E-state index is 0.0492. The molecule has 2 aromatic rings. The molecule has 9 heteroatoms. The summed E-state index contributed by atoms with van der Waals surface area (Å²) in [5, 5.41) is 11.2. The summed E-state index contributed by atoms with van der Waals surface area (Å²) in [7, 11) is 0. The van der Waals surface area contributed by atoms with Gasteiger partial charge in [0.1, 0.15) is 5.84 Å². The minimum Gasteiger partial charge on any atom is -0.393 e. The monoisotopic (exact) mass is 428 g/mol. The number of nitrogens with one attached hydrogen (secondary N) is 1. The van der Waals surface area contributed by atoms with Crippen LogP contribution >= 0.6 is 11.3 Å². The number of piperidine rings is 1. The van der Waals surface area contributed by atoms with E-state index in [1.165, 1.54) is 11.3 Å². The van der Waals surface area contributed by atoms with Gasteiger partial charge in [-0.25, -0.2) is 0 Å². The molecular formula is C21H24N4O4S. The van der Waals surface area contributed by atoms with Gasteiger partial charge in [-0.3, -0.25) is 19.8 Å². The minimum atomic E-state index is -1.29. The molecule has 2 atom stereocenters. The van der Waals surface area contributed by atoms with E-state index in [-0.39, 0.29) is 18.2 Å². The zero-order chi connectivity index (χ0) is 21.9. The molecule has 0 saturated carbocycles. The van der Waals surface area contributed by atoms with Crippen molar-refractivity contribution in [2.75, 3.05) is 11.4 Å². The topological polar surface area (TPSA) is 140 Å². The second-order valence-electron chi connectivity index (χ2n) is 7.34. The van der Waals surface area contributed by atoms with Crippen molar-refractivity contribution < 1.29 is 19.1 Å². The van der Waals surface area contributed by atoms with Crippen LogP contribution in [0.5, 0.6) is 0 Å². The number of benzene rings is 1. The number of ether oxygens (including phenoxy) is 1. The first-order valence-corrected chi connectivity index (χ1v) is 10.5. The lowest BCUT2D eigenvalue weighted by atomic mass is 9.73. The molecule has 0 spiro atoms. The van der Waals surface area contributed by atoms with Crippen molar-refractivity contribution >= 4 is 40.7 Å². The molecule has 30 heavy (non-hydrogen) atoms. The SMILES string of the molecule is CC(=O)OC(=O)CC(N)(c1ccsc1)C1CCCN(c2ccc(C(=N)N)cc2)C1=O. The maximum Gasteiger partial charge on any atom is 0.315 e. The fraction of sp³-hybridized carbons (Fsp3) is 0.333. The molecule has 1 aromatic carbocycles. The molecule has 1 fully saturated rings. The zero-order valence-corrected chi connectivity index (χ0v) is 17.4. The number of anilines is 1. The highest BCUT2D eigenvalue weighted by Crippen LogP contribution is 2.39. The van der Waals surface area contributed by atoms with Crippen LogP contribution in [0.2, 0.25) is 0 Å². The Hall–Kier alpha value is -3.04. The summed E-state index contributed by atoms with van der Waals surface area (Å²) < 4.78 is 4.71. The lowest BCUT2D eigenvalue weighted by Gasteiger charge is -2.41. The Morgan fingerprint density at radius 1 is 1.30 bits per heavy atom. The number of rotatable bonds is 6. The quantitative estimate of drug-likeness (QED) is 0.279. The number of hydrogen-bond acceptors (Lipinski definition) is 7. The van der Waals surface area contributed by atoms with E-state index in [0.29, 0.717) is 36.2 Å². The second-order valence-corrected chi connectivity index (χ2v) is 8.12. The maximum atomic E-state index is 13.5. The van der Waals surface area contributed by atoms with Crippen molar-refractivity contribution in [1.29, 1.82) is 5.41 Å². The van der Waals surface area contributed by atoms with Gasteiger partial charge in [0.15, 0.2) is 0 Å². The molecule has 3 rings (SSSR count). The molecule has 1 aliphatic rings. The van der Waals surface area contributed by atoms with Crippen LogP contribution in [0.3, 0.4) is 0 Å². The Balaban J connectivity index is 1.91. The molecule has 1 saturated heterocycles. The predicted molar refractivity (Wildman–Crippen MR) is 114 cm³/mol. The molecule has 8 nitrogen and oxygen atoms in total. The molecule has 0 radical (unpaired) electrons. The van der Waals surface area contributed by atoms with Gasteiger partial charge < -0.3 is 21.1 Å². The van der Waals surface area contributed by atoms with E-state index in [2.05, 4.69) is 0 Å². The van der Waals surface area contributed by atoms with E-state index in [4.69, 9.17) is 21.6 Å². The zero-order valence-electron chi connectivity index (χ0n) is 16.6. The predicted octanol–water partition coefficient (Wildman–Crippen LogP) is 2.11. The van der Waals surface area contributed by atoms with Gasteiger partial charge in [0.05, 0.1) is 17.9 Å². The number of amides is 1. The fourth-order valence-electron chi connectivity index (χ4n) is 3.82. The molecule has 2 unspecified atom stereocenters. The van der Waals surface area contributed by atoms with Gasteiger partial charge in [-0.05, 0) is 59.5 Å². The van der Waals surface area contributed by atoms with E-state index in [9.17, 15) is 14.4 Å². The summed E-state index contributed by atoms with van der Waals surface area (Å²) in [5.74, 6) is -2.37. The number of nitrogen functional groups attached to an aromatic ring is 1. The van der Waals surface area contributed by atoms with E-state index in [0.717, 1.165) is 6.92 Å². The number of thiophene rings is 1. The lowest BCUT2D eigenvalue weighted by molar-refractivity contribution is -0.159. The molecular weight excluding hydrogens is 404 g/mol. The van der Waals surface area contributed by atoms with Gasteiger partial charge in [-0.1, -0.05) is 0 Å². The first-order chi connectivity index (χ1) is 14.2. The third kappa shape index (κ3) is 4.42. The van der Waals surface area contributed by atoms with Crippen LogP contribution in [0.15, 0.2) is 41.1 Å². The number of nitrogens with two attached hydrogens (primary N) is 2. The van der Waals surface area contributed by atoms with Crippen molar-refractivity contribution in [3.8, 4) is 0 Å². The van der Waals surface area contributed by atoms with E-state index in [1.54, 1.807) is 35.2 Å². The van der Waals surface area contributed by atoms with E-state index in [1.807, 2.05) is 10.8 Å². The van der Waals surface area contributed by atoms with Crippen molar-refractivity contribution in [1.82, 2.24) is 0 Å². The van der Waals surface area contributed by atoms with Crippen molar-refractivity contribution in [2.24, 2.45) is 17.4 Å². The van der Waals surface area contributed by atoms with Crippen LogP contribution in [0.1, 0.15) is 37.3 Å². The van der Waals surface area contributed by atoms with Crippen LogP contribution in [0, 0.1) is 11.3 Å². The van der Waals surface area contributed by atoms with E-state index >= 15 is 0 Å². The molecule has 158 valence electrons. The van der Waals surface area contributed by atoms with Crippen molar-refractivity contribution in [3.63, 3.8) is 0 Å². The summed E-state index contributed by atoms with van der Waals surface area (Å²) in [6.07, 6.45) is 0.938. The number of hydrogen-bond donors (Lipinski definition) is 3. The summed E-state index contributed by atoms with van der Waals surface area (Å²) in [6.45, 7) is 1.67. The van der Waals surface area contributed by atoms with Gasteiger partial charge in [0.2, 0.25) is 5.91 Å². The Bertz CT molecular complexity index is 958. The van der Waals surface area contributed by atoms with Crippen LogP contribution in [0.4, 0.5) is 5.69 Å². The lowest BCUT2D eigenvalue weighted by Crippen LogP contribution is -2.55. The van der Waals surface area contributed by atoms with Gasteiger partial charge in [0.25, 0.3) is 0 Å². The van der Waals surface area contributed by atoms with Crippen LogP contribution in [-0.2, 0) is 24.7 Å². The number of esters is 2. The normalized spacial score (nSPS) is 18.5. The molecule has 0 bridgehead atoms. The Kier molecular flexibility index (Phi) is 6.33. The van der Waals surface area contributed by atoms with Crippen molar-refractivity contribution in [3.05, 3.63) is 52.2 Å². The summed E-state index contributed by atoms with van der Waals surface area (Å²) in [6, 6.07) is 8.65. The number of carbonyl (C=O) groups excluding carboxylic acids is 3. The van der Waals surface area contributed by atoms with Gasteiger partial charge in [-0.15, -0.1) is 0 Å². The van der Waals surface area contributed by atoms with Gasteiger partial charge in [0, 0.05) is 24.7 Å². The number of amidine groups is 1. The first-order valence-electron chi connectivity index (χ1n) is 9.51. The molecule has 1 aromatic heterocycles. The van der Waals surface area contributed by atoms with Crippen LogP contribution in [0.25, 0.3) is 0 Å². The first kappa shape index (κ1) is 21.7. The standard InChI is InChI=1S/C21H24N4O4S/c1-13(26)29-18(27)11-21(24,15-8-10-30-12-15)17-3-2-9-25(20(17)28)16-6-4-14(5-7-16)19(22)23/h4-8,10,12,17H,2-3,9,11,24H2,1H3,(H3,22,23). The smallest absolute Gasteiger partial charge is 0.315 e. The average molecular weight is 429 g/mol. The van der Waals surface area contributed by atoms with Gasteiger partial charge >= 0.3 is 11.9 Å². The number of carbonyl (C=O) groups is 3. The average Bonchev–Trinajstić information content (AvgIpc) is 3.23. The second kappa shape index (κ2) is 8.76. The van der Waals surface area contributed by atoms with Crippen molar-refractivity contribution in [2.45, 2.75) is 31.7 Å². The Labute approximate surface area is 178 Å². The van der Waals surface area contributed by atoms with Crippen LogP contribution in [-0.4, -0.2) is 30.2 Å². The third-order valence-corrected chi connectivity index (χ3v) is 5.99. The number of nitrogens with zero attached hydrogens (tertiary/aromatic N) is 1. The molecule has 0 aliphatic carbocycles. The highest BCUT2D eigenvalue weighted by atomic mass is 32.1. The largest absolute Gasteiger partial charge is 0.393 e. The van der Waals surface area contributed by atoms with E-state index < -0.39 is 23.4 Å². The fourth-order valence-corrected chi connectivity index (χ4v) is 4.57. The Morgan fingerprint density at radius 3 is 2.57 bits per heavy atom. The third-order valence-electron chi connectivity index (χ3n) is 5.30. The summed E-state index contributed by atoms with van der Waals surface area (Å²) in [4.78, 5) is 38.6. The molecule has 1 amide bonds. The van der Waals surface area contributed by atoms with Crippen LogP contribution < -0.4 is 16.4 Å². The highest BCUT2D eigenvalue weighted by molar-refractivity contribution is 7.08. The maximum absolute atomic E-state index is 13.5. The summed E-state index contributed by atoms with van der Waals surface area (Å²) >= 11 is 1.42. The molecule has 1 aliphatic heterocycles. The Morgan fingerprint density at radius 2 is 2.00 bits per heavy atom. The van der Waals surface area contributed by atoms with Gasteiger partial charge in [-0.2, -0.15) is 11.3 Å².